The van der Waals surface area contributed by atoms with Gasteiger partial charge in [0.05, 0.1) is 10.1 Å². The van der Waals surface area contributed by atoms with Crippen molar-refractivity contribution in [1.82, 2.24) is 0 Å². The Morgan fingerprint density at radius 3 is 2.71 bits per heavy atom. The first-order chi connectivity index (χ1) is 7.94. The molecule has 0 saturated carbocycles. The molecule has 0 spiro atoms. The molecule has 0 aliphatic heterocycles. The van der Waals surface area contributed by atoms with Gasteiger partial charge < -0.3 is 5.73 Å². The number of hydrogen-bond acceptors (Lipinski definition) is 4. The van der Waals surface area contributed by atoms with E-state index >= 15 is 0 Å². The maximum absolute atomic E-state index is 12.1. The highest BCUT2D eigenvalue weighted by atomic mass is 32.2. The molecule has 1 heterocycles. The minimum atomic E-state index is -1.01. The monoisotopic (exact) mass is 287 g/mol. The summed E-state index contributed by atoms with van der Waals surface area (Å²) in [7, 11) is -1.01. The van der Waals surface area contributed by atoms with Gasteiger partial charge in [0.1, 0.15) is 0 Å². The van der Waals surface area contributed by atoms with E-state index in [1.165, 1.54) is 17.4 Å². The standard InChI is InChI=1S/C12H21NOS2Si/c1-17(2,3)8-7-16-11(9-13)12(14)10-5-4-6-15-10/h4-6,11H,7-9,13H2,1-3H3. The van der Waals surface area contributed by atoms with Crippen molar-refractivity contribution in [3.8, 4) is 0 Å². The van der Waals surface area contributed by atoms with Gasteiger partial charge in [0.25, 0.3) is 0 Å². The van der Waals surface area contributed by atoms with Gasteiger partial charge in [-0.2, -0.15) is 0 Å². The van der Waals surface area contributed by atoms with Crippen LogP contribution in [0.1, 0.15) is 9.67 Å². The lowest BCUT2D eigenvalue weighted by Gasteiger charge is -2.17. The number of hydrogen-bond donors (Lipinski definition) is 1. The third-order valence-electron chi connectivity index (χ3n) is 2.44. The van der Waals surface area contributed by atoms with E-state index in [1.807, 2.05) is 17.5 Å². The summed E-state index contributed by atoms with van der Waals surface area (Å²) in [5.74, 6) is 1.25. The third-order valence-corrected chi connectivity index (χ3v) is 6.69. The zero-order valence-corrected chi connectivity index (χ0v) is 13.4. The van der Waals surface area contributed by atoms with Crippen molar-refractivity contribution in [2.45, 2.75) is 30.9 Å². The fourth-order valence-electron chi connectivity index (χ4n) is 1.34. The quantitative estimate of drug-likeness (QED) is 0.618. The molecule has 1 aromatic heterocycles. The van der Waals surface area contributed by atoms with E-state index in [-0.39, 0.29) is 11.0 Å². The maximum Gasteiger partial charge on any atom is 0.186 e. The van der Waals surface area contributed by atoms with Gasteiger partial charge in [0.15, 0.2) is 5.78 Å². The number of carbonyl (C=O) groups excluding carboxylic acids is 1. The molecular weight excluding hydrogens is 266 g/mol. The van der Waals surface area contributed by atoms with Crippen LogP contribution < -0.4 is 5.73 Å². The highest BCUT2D eigenvalue weighted by Crippen LogP contribution is 2.22. The molecule has 2 N–H and O–H groups in total. The van der Waals surface area contributed by atoms with Crippen molar-refractivity contribution in [3.05, 3.63) is 22.4 Å². The molecule has 0 saturated heterocycles. The van der Waals surface area contributed by atoms with Crippen molar-refractivity contribution in [1.29, 1.82) is 0 Å². The maximum atomic E-state index is 12.1. The van der Waals surface area contributed by atoms with E-state index in [1.54, 1.807) is 11.8 Å². The summed E-state index contributed by atoms with van der Waals surface area (Å²) >= 11 is 3.23. The number of rotatable bonds is 7. The fourth-order valence-corrected chi connectivity index (χ4v) is 5.75. The van der Waals surface area contributed by atoms with Crippen LogP contribution in [0.4, 0.5) is 0 Å². The van der Waals surface area contributed by atoms with Crippen LogP contribution in [0.2, 0.25) is 25.7 Å². The first-order valence-electron chi connectivity index (χ1n) is 5.83. The number of nitrogens with two attached hydrogens (primary N) is 1. The molecule has 1 atom stereocenters. The van der Waals surface area contributed by atoms with E-state index in [9.17, 15) is 4.79 Å². The molecular formula is C12H21NOS2Si. The van der Waals surface area contributed by atoms with Crippen molar-refractivity contribution >= 4 is 37.0 Å². The zero-order chi connectivity index (χ0) is 12.9. The predicted octanol–water partition coefficient (Wildman–Crippen LogP) is 3.33. The Labute approximate surface area is 113 Å². The lowest BCUT2D eigenvalue weighted by Crippen LogP contribution is -2.28. The highest BCUT2D eigenvalue weighted by Gasteiger charge is 2.21. The Hall–Kier alpha value is -0.103. The molecule has 0 aromatic carbocycles. The van der Waals surface area contributed by atoms with Crippen LogP contribution in [-0.4, -0.2) is 31.4 Å². The van der Waals surface area contributed by atoms with Crippen LogP contribution in [-0.2, 0) is 0 Å². The second-order valence-electron chi connectivity index (χ2n) is 5.25. The first kappa shape index (κ1) is 15.0. The van der Waals surface area contributed by atoms with Crippen LogP contribution in [0.5, 0.6) is 0 Å². The van der Waals surface area contributed by atoms with Crippen molar-refractivity contribution < 1.29 is 4.79 Å². The zero-order valence-electron chi connectivity index (χ0n) is 10.7. The van der Waals surface area contributed by atoms with Crippen LogP contribution in [0, 0.1) is 0 Å². The third kappa shape index (κ3) is 5.38. The Bertz CT molecular complexity index is 346. The van der Waals surface area contributed by atoms with Gasteiger partial charge in [0.2, 0.25) is 0 Å². The van der Waals surface area contributed by atoms with E-state index in [2.05, 4.69) is 19.6 Å². The molecule has 0 aliphatic carbocycles. The first-order valence-corrected chi connectivity index (χ1v) is 11.5. The molecule has 0 amide bonds. The van der Waals surface area contributed by atoms with Gasteiger partial charge in [-0.25, -0.2) is 0 Å². The molecule has 2 nitrogen and oxygen atoms in total. The molecule has 0 bridgehead atoms. The number of thiophene rings is 1. The van der Waals surface area contributed by atoms with Crippen molar-refractivity contribution in [2.75, 3.05) is 12.3 Å². The Morgan fingerprint density at radius 1 is 1.53 bits per heavy atom. The van der Waals surface area contributed by atoms with Gasteiger partial charge in [-0.1, -0.05) is 25.7 Å². The van der Waals surface area contributed by atoms with Gasteiger partial charge in [-0.3, -0.25) is 4.79 Å². The lowest BCUT2D eigenvalue weighted by molar-refractivity contribution is 0.0995. The van der Waals surface area contributed by atoms with Crippen molar-refractivity contribution in [2.24, 2.45) is 5.73 Å². The molecule has 5 heteroatoms. The van der Waals surface area contributed by atoms with Crippen LogP contribution in [0.3, 0.4) is 0 Å². The lowest BCUT2D eigenvalue weighted by atomic mass is 10.2. The Kier molecular flexibility index (Phi) is 5.92. The SMILES string of the molecule is C[Si](C)(C)CCSC(CN)C(=O)c1cccs1. The van der Waals surface area contributed by atoms with Crippen LogP contribution in [0.15, 0.2) is 17.5 Å². The minimum absolute atomic E-state index is 0.0648. The van der Waals surface area contributed by atoms with Gasteiger partial charge >= 0.3 is 0 Å². The average Bonchev–Trinajstić information content (AvgIpc) is 2.75. The van der Waals surface area contributed by atoms with Gasteiger partial charge in [-0.15, -0.1) is 23.1 Å². The Balaban J connectivity index is 2.46. The summed E-state index contributed by atoms with van der Waals surface area (Å²) in [5, 5.41) is 1.87. The van der Waals surface area contributed by atoms with E-state index < -0.39 is 8.07 Å². The number of carbonyl (C=O) groups is 1. The molecule has 1 rings (SSSR count). The van der Waals surface area contributed by atoms with Gasteiger partial charge in [0, 0.05) is 14.6 Å². The fraction of sp³-hybridized carbons (Fsp3) is 0.583. The highest BCUT2D eigenvalue weighted by molar-refractivity contribution is 8.00. The minimum Gasteiger partial charge on any atom is -0.329 e. The van der Waals surface area contributed by atoms with E-state index in [4.69, 9.17) is 5.73 Å². The van der Waals surface area contributed by atoms with E-state index in [0.717, 1.165) is 10.6 Å². The van der Waals surface area contributed by atoms with Crippen LogP contribution in [0.25, 0.3) is 0 Å². The number of Topliss-reactive ketones (excluding diaryl/α,β-unsaturated/α-hetero) is 1. The topological polar surface area (TPSA) is 43.1 Å². The largest absolute Gasteiger partial charge is 0.329 e. The summed E-state index contributed by atoms with van der Waals surface area (Å²) in [6.07, 6.45) is 0. The summed E-state index contributed by atoms with van der Waals surface area (Å²) in [6, 6.07) is 5.04. The summed E-state index contributed by atoms with van der Waals surface area (Å²) in [5.41, 5.74) is 5.70. The Morgan fingerprint density at radius 2 is 2.24 bits per heavy atom. The molecule has 1 unspecified atom stereocenters. The normalized spacial score (nSPS) is 13.6. The second-order valence-corrected chi connectivity index (χ2v) is 13.1. The summed E-state index contributed by atoms with van der Waals surface area (Å²) < 4.78 is 0. The molecule has 1 aromatic rings. The summed E-state index contributed by atoms with van der Waals surface area (Å²) in [4.78, 5) is 12.9. The van der Waals surface area contributed by atoms with Crippen LogP contribution >= 0.6 is 23.1 Å². The molecule has 17 heavy (non-hydrogen) atoms. The second kappa shape index (κ2) is 6.73. The average molecular weight is 288 g/mol. The number of ketones is 1. The van der Waals surface area contributed by atoms with Gasteiger partial charge in [-0.05, 0) is 23.2 Å². The predicted molar refractivity (Wildman–Crippen MR) is 82.1 cm³/mol. The molecule has 0 aliphatic rings. The molecule has 0 fully saturated rings. The van der Waals surface area contributed by atoms with Crippen molar-refractivity contribution in [3.63, 3.8) is 0 Å². The summed E-state index contributed by atoms with van der Waals surface area (Å²) in [6.45, 7) is 7.50. The smallest absolute Gasteiger partial charge is 0.186 e. The number of thioether (sulfide) groups is 1. The van der Waals surface area contributed by atoms with E-state index in [0.29, 0.717) is 6.54 Å². The molecule has 0 radical (unpaired) electrons. The molecule has 96 valence electrons.